The lowest BCUT2D eigenvalue weighted by Crippen LogP contribution is -2.46. The van der Waals surface area contributed by atoms with Crippen LogP contribution in [-0.4, -0.2) is 55.4 Å². The molecule has 0 aliphatic carbocycles. The largest absolute Gasteiger partial charge is 0.453 e. The maximum Gasteiger partial charge on any atom is 0.407 e. The summed E-state index contributed by atoms with van der Waals surface area (Å²) in [5.41, 5.74) is 0.651. The second-order valence-electron chi connectivity index (χ2n) is 6.50. The summed E-state index contributed by atoms with van der Waals surface area (Å²) < 4.78 is 24.5. The van der Waals surface area contributed by atoms with Crippen LogP contribution in [0, 0.1) is 5.82 Å². The Bertz CT molecular complexity index is 650. The molecule has 2 amide bonds. The number of halogens is 1. The molecular formula is C18H27FN4O4. The van der Waals surface area contributed by atoms with E-state index in [2.05, 4.69) is 32.6 Å². The van der Waals surface area contributed by atoms with Crippen molar-refractivity contribution in [2.24, 2.45) is 0 Å². The van der Waals surface area contributed by atoms with Crippen LogP contribution >= 0.6 is 0 Å². The number of nitrogens with one attached hydrogen (secondary N) is 3. The molecule has 150 valence electrons. The van der Waals surface area contributed by atoms with E-state index in [-0.39, 0.29) is 11.8 Å². The normalized spacial score (nSPS) is 20.6. The molecule has 0 spiro atoms. The molecule has 1 aromatic rings. The van der Waals surface area contributed by atoms with Crippen molar-refractivity contribution >= 4 is 17.7 Å². The van der Waals surface area contributed by atoms with E-state index in [0.717, 1.165) is 12.6 Å². The molecule has 3 N–H and O–H groups in total. The molecule has 0 bridgehead atoms. The average Bonchev–Trinajstić information content (AvgIpc) is 2.67. The molecule has 8 nitrogen and oxygen atoms in total. The van der Waals surface area contributed by atoms with Gasteiger partial charge < -0.3 is 25.4 Å². The summed E-state index contributed by atoms with van der Waals surface area (Å²) >= 11 is 0. The van der Waals surface area contributed by atoms with Crippen LogP contribution in [0.5, 0.6) is 0 Å². The number of hydrogen-bond donors (Lipinski definition) is 3. The lowest BCUT2D eigenvalue weighted by atomic mass is 10.0. The van der Waals surface area contributed by atoms with Gasteiger partial charge in [0.05, 0.1) is 37.9 Å². The molecule has 27 heavy (non-hydrogen) atoms. The van der Waals surface area contributed by atoms with Gasteiger partial charge in [-0.2, -0.15) is 0 Å². The molecule has 1 fully saturated rings. The van der Waals surface area contributed by atoms with Gasteiger partial charge in [-0.3, -0.25) is 9.78 Å². The first-order valence-corrected chi connectivity index (χ1v) is 9.07. The molecule has 9 heteroatoms. The predicted octanol–water partition coefficient (Wildman–Crippen LogP) is 1.60. The van der Waals surface area contributed by atoms with E-state index in [4.69, 9.17) is 4.74 Å². The van der Waals surface area contributed by atoms with Gasteiger partial charge in [0.25, 0.3) is 0 Å². The Morgan fingerprint density at radius 2 is 2.26 bits per heavy atom. The van der Waals surface area contributed by atoms with Gasteiger partial charge in [-0.15, -0.1) is 0 Å². The van der Waals surface area contributed by atoms with Gasteiger partial charge in [0.1, 0.15) is 11.9 Å². The van der Waals surface area contributed by atoms with E-state index >= 15 is 0 Å². The van der Waals surface area contributed by atoms with E-state index in [1.54, 1.807) is 0 Å². The highest BCUT2D eigenvalue weighted by molar-refractivity contribution is 5.96. The van der Waals surface area contributed by atoms with Crippen molar-refractivity contribution in [2.75, 3.05) is 25.6 Å². The number of alkyl carbamates (subject to hydrolysis) is 1. The van der Waals surface area contributed by atoms with Crippen molar-refractivity contribution in [3.8, 4) is 0 Å². The summed E-state index contributed by atoms with van der Waals surface area (Å²) in [6, 6.07) is -0.483. The summed E-state index contributed by atoms with van der Waals surface area (Å²) in [5.74, 6) is -0.980. The number of nitrogens with zero attached hydrogens (tertiary/aromatic N) is 1. The molecule has 1 aliphatic heterocycles. The standard InChI is InChI=1S/C18H27FN4O4/c1-4-12-10-27-13(7-21-12)5-6-14-15(19)8-20-9-16(14)23-17(24)11(2)22-18(25)26-3/h8-9,11-13,21H,4-7,10H2,1-3H3,(H,22,25)(H,23,24). The SMILES string of the molecule is CCC1COC(CCc2c(F)cncc2NC(=O)C(C)NC(=O)OC)CN1. The van der Waals surface area contributed by atoms with E-state index in [0.29, 0.717) is 37.6 Å². The molecule has 1 saturated heterocycles. The summed E-state index contributed by atoms with van der Waals surface area (Å²) in [6.45, 7) is 4.95. The molecule has 0 radical (unpaired) electrons. The summed E-state index contributed by atoms with van der Waals surface area (Å²) in [5, 5.41) is 8.38. The Balaban J connectivity index is 1.97. The number of morpholine rings is 1. The number of aromatic nitrogens is 1. The summed E-state index contributed by atoms with van der Waals surface area (Å²) in [6.07, 6.45) is 3.79. The van der Waals surface area contributed by atoms with Crippen LogP contribution in [0.25, 0.3) is 0 Å². The van der Waals surface area contributed by atoms with Crippen LogP contribution in [0.2, 0.25) is 0 Å². The van der Waals surface area contributed by atoms with E-state index < -0.39 is 23.9 Å². The maximum atomic E-state index is 14.3. The van der Waals surface area contributed by atoms with Crippen molar-refractivity contribution in [3.63, 3.8) is 0 Å². The van der Waals surface area contributed by atoms with Crippen molar-refractivity contribution in [2.45, 2.75) is 51.3 Å². The summed E-state index contributed by atoms with van der Waals surface area (Å²) in [4.78, 5) is 27.3. The Labute approximate surface area is 158 Å². The fraction of sp³-hybridized carbons (Fsp3) is 0.611. The molecule has 3 atom stereocenters. The smallest absolute Gasteiger partial charge is 0.407 e. The highest BCUT2D eigenvalue weighted by atomic mass is 19.1. The van der Waals surface area contributed by atoms with Crippen molar-refractivity contribution in [1.82, 2.24) is 15.6 Å². The molecule has 1 aromatic heterocycles. The Hall–Kier alpha value is -2.26. The minimum atomic E-state index is -0.842. The first-order chi connectivity index (χ1) is 12.9. The zero-order chi connectivity index (χ0) is 19.8. The van der Waals surface area contributed by atoms with Gasteiger partial charge in [0.2, 0.25) is 5.91 Å². The Morgan fingerprint density at radius 1 is 1.48 bits per heavy atom. The second-order valence-corrected chi connectivity index (χ2v) is 6.50. The van der Waals surface area contributed by atoms with Gasteiger partial charge in [0.15, 0.2) is 0 Å². The number of anilines is 1. The number of methoxy groups -OCH3 is 1. The predicted molar refractivity (Wildman–Crippen MR) is 98.0 cm³/mol. The Morgan fingerprint density at radius 3 is 2.89 bits per heavy atom. The van der Waals surface area contributed by atoms with Crippen LogP contribution in [0.15, 0.2) is 12.4 Å². The first-order valence-electron chi connectivity index (χ1n) is 9.07. The molecule has 2 rings (SSSR count). The molecule has 2 heterocycles. The average molecular weight is 382 g/mol. The lowest BCUT2D eigenvalue weighted by molar-refractivity contribution is -0.117. The third-order valence-corrected chi connectivity index (χ3v) is 4.55. The fourth-order valence-electron chi connectivity index (χ4n) is 2.79. The lowest BCUT2D eigenvalue weighted by Gasteiger charge is -2.30. The van der Waals surface area contributed by atoms with Gasteiger partial charge in [0, 0.05) is 18.2 Å². The topological polar surface area (TPSA) is 102 Å². The van der Waals surface area contributed by atoms with Crippen LogP contribution in [-0.2, 0) is 20.7 Å². The zero-order valence-corrected chi connectivity index (χ0v) is 15.9. The number of rotatable bonds is 7. The molecule has 0 saturated carbocycles. The third-order valence-electron chi connectivity index (χ3n) is 4.55. The van der Waals surface area contributed by atoms with Gasteiger partial charge >= 0.3 is 6.09 Å². The molecule has 3 unspecified atom stereocenters. The quantitative estimate of drug-likeness (QED) is 0.662. The highest BCUT2D eigenvalue weighted by Crippen LogP contribution is 2.21. The van der Waals surface area contributed by atoms with Gasteiger partial charge in [-0.1, -0.05) is 6.92 Å². The number of carbonyl (C=O) groups excluding carboxylic acids is 2. The van der Waals surface area contributed by atoms with Gasteiger partial charge in [-0.25, -0.2) is 9.18 Å². The number of amides is 2. The van der Waals surface area contributed by atoms with Gasteiger partial charge in [-0.05, 0) is 26.2 Å². The molecule has 0 aromatic carbocycles. The van der Waals surface area contributed by atoms with Crippen LogP contribution in [0.3, 0.4) is 0 Å². The van der Waals surface area contributed by atoms with E-state index in [1.165, 1.54) is 20.2 Å². The van der Waals surface area contributed by atoms with Crippen molar-refractivity contribution in [3.05, 3.63) is 23.8 Å². The number of pyridine rings is 1. The minimum absolute atomic E-state index is 0.0103. The van der Waals surface area contributed by atoms with Crippen LogP contribution in [0.4, 0.5) is 14.9 Å². The molecular weight excluding hydrogens is 355 g/mol. The van der Waals surface area contributed by atoms with Crippen LogP contribution < -0.4 is 16.0 Å². The third kappa shape index (κ3) is 6.14. The fourth-order valence-corrected chi connectivity index (χ4v) is 2.79. The van der Waals surface area contributed by atoms with E-state index in [9.17, 15) is 14.0 Å². The first kappa shape index (κ1) is 21.0. The second kappa shape index (κ2) is 10.2. The molecule has 1 aliphatic rings. The van der Waals surface area contributed by atoms with Crippen molar-refractivity contribution in [1.29, 1.82) is 0 Å². The van der Waals surface area contributed by atoms with E-state index in [1.807, 2.05) is 0 Å². The minimum Gasteiger partial charge on any atom is -0.453 e. The monoisotopic (exact) mass is 382 g/mol. The van der Waals surface area contributed by atoms with Crippen LogP contribution in [0.1, 0.15) is 32.3 Å². The van der Waals surface area contributed by atoms with Crippen molar-refractivity contribution < 1.29 is 23.5 Å². The highest BCUT2D eigenvalue weighted by Gasteiger charge is 2.22. The number of ether oxygens (including phenoxy) is 2. The maximum absolute atomic E-state index is 14.3. The zero-order valence-electron chi connectivity index (χ0n) is 15.9. The number of carbonyl (C=O) groups is 2. The Kier molecular flexibility index (Phi) is 7.93. The number of hydrogen-bond acceptors (Lipinski definition) is 6. The summed E-state index contributed by atoms with van der Waals surface area (Å²) in [7, 11) is 1.21.